The lowest BCUT2D eigenvalue weighted by atomic mass is 10.1. The van der Waals surface area contributed by atoms with Gasteiger partial charge < -0.3 is 4.90 Å². The van der Waals surface area contributed by atoms with Crippen molar-refractivity contribution in [2.24, 2.45) is 5.92 Å². The Labute approximate surface area is 101 Å². The van der Waals surface area contributed by atoms with E-state index in [1.807, 2.05) is 38.2 Å². The van der Waals surface area contributed by atoms with Crippen molar-refractivity contribution in [3.05, 3.63) is 16.1 Å². The Hall–Kier alpha value is -0.900. The van der Waals surface area contributed by atoms with Crippen molar-refractivity contribution in [3.8, 4) is 0 Å². The van der Waals surface area contributed by atoms with Crippen LogP contribution in [0.3, 0.4) is 0 Å². The van der Waals surface area contributed by atoms with Crippen molar-refractivity contribution in [1.82, 2.24) is 9.88 Å². The number of aromatic nitrogens is 1. The van der Waals surface area contributed by atoms with Crippen molar-refractivity contribution >= 4 is 17.2 Å². The minimum atomic E-state index is 0.132. The van der Waals surface area contributed by atoms with E-state index >= 15 is 0 Å². The lowest BCUT2D eigenvalue weighted by Gasteiger charge is -2.20. The summed E-state index contributed by atoms with van der Waals surface area (Å²) in [5.74, 6) is 0.372. The summed E-state index contributed by atoms with van der Waals surface area (Å²) in [5.41, 5.74) is 2.95. The van der Waals surface area contributed by atoms with E-state index in [4.69, 9.17) is 0 Å². The first-order valence-corrected chi connectivity index (χ1v) is 6.58. The number of rotatable bonds is 5. The third kappa shape index (κ3) is 3.30. The highest BCUT2D eigenvalue weighted by Crippen LogP contribution is 2.13. The molecule has 90 valence electrons. The van der Waals surface area contributed by atoms with Crippen LogP contribution in [0.1, 0.15) is 30.8 Å². The summed E-state index contributed by atoms with van der Waals surface area (Å²) >= 11 is 1.67. The fourth-order valence-corrected chi connectivity index (χ4v) is 2.27. The molecule has 0 aliphatic rings. The molecular weight excluding hydrogens is 220 g/mol. The molecule has 0 radical (unpaired) electrons. The van der Waals surface area contributed by atoms with E-state index in [0.717, 1.165) is 25.1 Å². The van der Waals surface area contributed by atoms with Crippen LogP contribution in [0.2, 0.25) is 0 Å². The molecule has 0 aliphatic carbocycles. The van der Waals surface area contributed by atoms with Gasteiger partial charge in [-0.1, -0.05) is 13.8 Å². The average molecular weight is 240 g/mol. The van der Waals surface area contributed by atoms with E-state index in [1.54, 1.807) is 11.3 Å². The summed E-state index contributed by atoms with van der Waals surface area (Å²) in [6.07, 6.45) is 1.82. The third-order valence-corrected chi connectivity index (χ3v) is 3.92. The van der Waals surface area contributed by atoms with Crippen molar-refractivity contribution in [1.29, 1.82) is 0 Å². The quantitative estimate of drug-likeness (QED) is 0.792. The molecule has 1 amide bonds. The molecule has 0 fully saturated rings. The van der Waals surface area contributed by atoms with Crippen LogP contribution in [0.4, 0.5) is 0 Å². The van der Waals surface area contributed by atoms with Crippen LogP contribution in [0.5, 0.6) is 0 Å². The molecule has 0 saturated carbocycles. The maximum atomic E-state index is 11.8. The van der Waals surface area contributed by atoms with Gasteiger partial charge in [-0.3, -0.25) is 4.79 Å². The summed E-state index contributed by atoms with van der Waals surface area (Å²) in [6, 6.07) is 0. The lowest BCUT2D eigenvalue weighted by Crippen LogP contribution is -2.33. The van der Waals surface area contributed by atoms with Gasteiger partial charge in [0.25, 0.3) is 0 Å². The van der Waals surface area contributed by atoms with E-state index < -0.39 is 0 Å². The van der Waals surface area contributed by atoms with Crippen LogP contribution in [0.25, 0.3) is 0 Å². The monoisotopic (exact) mass is 240 g/mol. The molecule has 1 aromatic rings. The molecule has 0 unspecified atom stereocenters. The minimum absolute atomic E-state index is 0.132. The van der Waals surface area contributed by atoms with E-state index in [-0.39, 0.29) is 11.8 Å². The van der Waals surface area contributed by atoms with Gasteiger partial charge in [-0.15, -0.1) is 11.3 Å². The van der Waals surface area contributed by atoms with Gasteiger partial charge in [0.2, 0.25) is 5.91 Å². The highest BCUT2D eigenvalue weighted by Gasteiger charge is 2.15. The Morgan fingerprint density at radius 3 is 2.81 bits per heavy atom. The highest BCUT2D eigenvalue weighted by molar-refractivity contribution is 7.09. The zero-order valence-electron chi connectivity index (χ0n) is 10.5. The lowest BCUT2D eigenvalue weighted by molar-refractivity contribution is -0.133. The number of carbonyl (C=O) groups is 1. The first-order valence-electron chi connectivity index (χ1n) is 5.70. The number of aryl methyl sites for hydroxylation is 1. The molecule has 0 aromatic carbocycles. The maximum absolute atomic E-state index is 11.8. The minimum Gasteiger partial charge on any atom is -0.345 e. The zero-order valence-corrected chi connectivity index (χ0v) is 11.3. The van der Waals surface area contributed by atoms with Crippen LogP contribution in [0, 0.1) is 12.8 Å². The Balaban J connectivity index is 2.44. The van der Waals surface area contributed by atoms with Gasteiger partial charge in [-0.05, 0) is 13.3 Å². The van der Waals surface area contributed by atoms with E-state index in [0.29, 0.717) is 0 Å². The molecule has 3 nitrogen and oxygen atoms in total. The molecule has 0 spiro atoms. The first kappa shape index (κ1) is 13.2. The zero-order chi connectivity index (χ0) is 12.1. The molecule has 1 atom stereocenters. The van der Waals surface area contributed by atoms with Crippen molar-refractivity contribution in [3.63, 3.8) is 0 Å². The van der Waals surface area contributed by atoms with Gasteiger partial charge in [0, 0.05) is 30.8 Å². The van der Waals surface area contributed by atoms with Crippen LogP contribution in [0.15, 0.2) is 5.51 Å². The van der Waals surface area contributed by atoms with Crippen LogP contribution < -0.4 is 0 Å². The Morgan fingerprint density at radius 2 is 2.31 bits per heavy atom. The smallest absolute Gasteiger partial charge is 0.225 e. The standard InChI is InChI=1S/C12H20N2OS/c1-5-9(2)12(15)14(4)7-6-11-10(3)13-8-16-11/h8-9H,5-7H2,1-4H3/t9-/m0/s1. The van der Waals surface area contributed by atoms with Crippen molar-refractivity contribution < 1.29 is 4.79 Å². The predicted molar refractivity (Wildman–Crippen MR) is 67.6 cm³/mol. The van der Waals surface area contributed by atoms with Crippen LogP contribution in [-0.2, 0) is 11.2 Å². The Kier molecular flexibility index (Phi) is 4.93. The number of carbonyl (C=O) groups excluding carboxylic acids is 1. The topological polar surface area (TPSA) is 33.2 Å². The fraction of sp³-hybridized carbons (Fsp3) is 0.667. The molecule has 0 saturated heterocycles. The SMILES string of the molecule is CC[C@H](C)C(=O)N(C)CCc1scnc1C. The van der Waals surface area contributed by atoms with Gasteiger partial charge in [0.05, 0.1) is 11.2 Å². The van der Waals surface area contributed by atoms with Gasteiger partial charge in [0.15, 0.2) is 0 Å². The summed E-state index contributed by atoms with van der Waals surface area (Å²) in [7, 11) is 1.88. The average Bonchev–Trinajstić information content (AvgIpc) is 2.69. The number of likely N-dealkylation sites (N-methyl/N-ethyl adjacent to an activating group) is 1. The van der Waals surface area contributed by atoms with Crippen LogP contribution >= 0.6 is 11.3 Å². The maximum Gasteiger partial charge on any atom is 0.225 e. The second kappa shape index (κ2) is 5.99. The first-order chi connectivity index (χ1) is 7.56. The fourth-order valence-electron chi connectivity index (χ4n) is 1.50. The number of thiazole rings is 1. The summed E-state index contributed by atoms with van der Waals surface area (Å²) in [6.45, 7) is 6.83. The van der Waals surface area contributed by atoms with Crippen molar-refractivity contribution in [2.75, 3.05) is 13.6 Å². The predicted octanol–water partition coefficient (Wildman–Crippen LogP) is 2.50. The van der Waals surface area contributed by atoms with Gasteiger partial charge in [-0.25, -0.2) is 4.98 Å². The summed E-state index contributed by atoms with van der Waals surface area (Å²) in [4.78, 5) is 19.1. The van der Waals surface area contributed by atoms with E-state index in [1.165, 1.54) is 4.88 Å². The third-order valence-electron chi connectivity index (χ3n) is 2.93. The van der Waals surface area contributed by atoms with E-state index in [2.05, 4.69) is 4.98 Å². The second-order valence-electron chi connectivity index (χ2n) is 4.18. The molecule has 0 aliphatic heterocycles. The molecular formula is C12H20N2OS. The largest absolute Gasteiger partial charge is 0.345 e. The second-order valence-corrected chi connectivity index (χ2v) is 5.12. The number of nitrogens with zero attached hydrogens (tertiary/aromatic N) is 2. The molecule has 1 aromatic heterocycles. The van der Waals surface area contributed by atoms with E-state index in [9.17, 15) is 4.79 Å². The van der Waals surface area contributed by atoms with Crippen LogP contribution in [-0.4, -0.2) is 29.4 Å². The molecule has 4 heteroatoms. The molecule has 1 rings (SSSR count). The molecule has 0 N–H and O–H groups in total. The summed E-state index contributed by atoms with van der Waals surface area (Å²) in [5, 5.41) is 0. The normalized spacial score (nSPS) is 12.5. The Morgan fingerprint density at radius 1 is 1.62 bits per heavy atom. The van der Waals surface area contributed by atoms with Gasteiger partial charge in [0.1, 0.15) is 0 Å². The number of hydrogen-bond acceptors (Lipinski definition) is 3. The summed E-state index contributed by atoms with van der Waals surface area (Å²) < 4.78 is 0. The number of hydrogen-bond donors (Lipinski definition) is 0. The Bertz CT molecular complexity index is 349. The van der Waals surface area contributed by atoms with Gasteiger partial charge in [-0.2, -0.15) is 0 Å². The number of amides is 1. The molecule has 0 bridgehead atoms. The molecule has 16 heavy (non-hydrogen) atoms. The molecule has 1 heterocycles. The van der Waals surface area contributed by atoms with Gasteiger partial charge >= 0.3 is 0 Å². The van der Waals surface area contributed by atoms with Crippen molar-refractivity contribution in [2.45, 2.75) is 33.6 Å². The highest BCUT2D eigenvalue weighted by atomic mass is 32.1.